The molecule has 0 amide bonds. The Morgan fingerprint density at radius 3 is 2.00 bits per heavy atom. The maximum Gasteiger partial charge on any atom is 0.151 e. The molecule has 0 saturated carbocycles. The Kier molecular flexibility index (Phi) is 3.25. The van der Waals surface area contributed by atoms with E-state index in [1.807, 2.05) is 4.90 Å². The van der Waals surface area contributed by atoms with E-state index >= 15 is 0 Å². The molecule has 5 heteroatoms. The molecule has 0 aromatic heterocycles. The van der Waals surface area contributed by atoms with Crippen LogP contribution in [-0.4, -0.2) is 21.2 Å². The fourth-order valence-corrected chi connectivity index (χ4v) is 8.71. The minimum atomic E-state index is -1.05. The highest BCUT2D eigenvalue weighted by Crippen LogP contribution is 2.40. The van der Waals surface area contributed by atoms with Gasteiger partial charge in [0.2, 0.25) is 0 Å². The van der Waals surface area contributed by atoms with Crippen molar-refractivity contribution in [1.82, 2.24) is 0 Å². The van der Waals surface area contributed by atoms with Gasteiger partial charge in [-0.3, -0.25) is 0 Å². The lowest BCUT2D eigenvalue weighted by Gasteiger charge is -2.39. The SMILES string of the molecule is Nc1cc(F)c(N2CC[Si]3(CCCC3)CC2)c(F)c1. The van der Waals surface area contributed by atoms with E-state index in [1.165, 1.54) is 49.2 Å². The number of anilines is 2. The first kappa shape index (κ1) is 12.9. The van der Waals surface area contributed by atoms with E-state index in [0.29, 0.717) is 0 Å². The summed E-state index contributed by atoms with van der Waals surface area (Å²) in [5, 5.41) is 0. The fourth-order valence-electron chi connectivity index (χ4n) is 3.72. The Bertz CT molecular complexity index is 453. The first-order valence-electron chi connectivity index (χ1n) is 7.09. The van der Waals surface area contributed by atoms with Crippen molar-refractivity contribution in [2.24, 2.45) is 0 Å². The summed E-state index contributed by atoms with van der Waals surface area (Å²) in [7, 11) is -1.05. The normalized spacial score (nSPS) is 22.1. The summed E-state index contributed by atoms with van der Waals surface area (Å²) in [4.78, 5) is 1.88. The van der Waals surface area contributed by atoms with E-state index in [1.54, 1.807) is 0 Å². The van der Waals surface area contributed by atoms with Gasteiger partial charge in [0.25, 0.3) is 0 Å². The third-order valence-corrected chi connectivity index (χ3v) is 10.2. The van der Waals surface area contributed by atoms with Crippen molar-refractivity contribution in [2.75, 3.05) is 23.7 Å². The lowest BCUT2D eigenvalue weighted by molar-refractivity contribution is 0.572. The number of hydrogen-bond donors (Lipinski definition) is 1. The highest BCUT2D eigenvalue weighted by atomic mass is 28.3. The Labute approximate surface area is 113 Å². The van der Waals surface area contributed by atoms with Crippen LogP contribution in [0.25, 0.3) is 0 Å². The summed E-state index contributed by atoms with van der Waals surface area (Å²) in [5.74, 6) is -1.05. The maximum absolute atomic E-state index is 13.9. The molecule has 0 bridgehead atoms. The zero-order valence-electron chi connectivity index (χ0n) is 11.1. The van der Waals surface area contributed by atoms with Crippen LogP contribution in [0.3, 0.4) is 0 Å². The molecule has 104 valence electrons. The highest BCUT2D eigenvalue weighted by Gasteiger charge is 2.39. The van der Waals surface area contributed by atoms with Crippen LogP contribution in [0.15, 0.2) is 12.1 Å². The number of nitrogens with zero attached hydrogens (tertiary/aromatic N) is 1. The molecule has 2 heterocycles. The van der Waals surface area contributed by atoms with E-state index in [0.717, 1.165) is 13.1 Å². The average Bonchev–Trinajstić information content (AvgIpc) is 2.79. The molecule has 1 aromatic carbocycles. The smallest absolute Gasteiger partial charge is 0.151 e. The van der Waals surface area contributed by atoms with Gasteiger partial charge in [-0.05, 0) is 24.2 Å². The van der Waals surface area contributed by atoms with Crippen LogP contribution in [0.4, 0.5) is 20.2 Å². The van der Waals surface area contributed by atoms with Gasteiger partial charge in [-0.15, -0.1) is 0 Å². The lowest BCUT2D eigenvalue weighted by atomic mass is 10.2. The van der Waals surface area contributed by atoms with E-state index < -0.39 is 19.7 Å². The van der Waals surface area contributed by atoms with Crippen molar-refractivity contribution in [2.45, 2.75) is 37.0 Å². The Morgan fingerprint density at radius 2 is 1.47 bits per heavy atom. The predicted octanol–water partition coefficient (Wildman–Crippen LogP) is 3.61. The molecule has 0 unspecified atom stereocenters. The first-order chi connectivity index (χ1) is 9.10. The van der Waals surface area contributed by atoms with E-state index in [2.05, 4.69) is 0 Å². The van der Waals surface area contributed by atoms with Crippen molar-refractivity contribution >= 4 is 19.4 Å². The van der Waals surface area contributed by atoms with Gasteiger partial charge in [0.1, 0.15) is 5.69 Å². The van der Waals surface area contributed by atoms with Crippen LogP contribution < -0.4 is 10.6 Å². The largest absolute Gasteiger partial charge is 0.399 e. The summed E-state index contributed by atoms with van der Waals surface area (Å²) in [6.45, 7) is 1.62. The van der Waals surface area contributed by atoms with Crippen molar-refractivity contribution in [3.05, 3.63) is 23.8 Å². The van der Waals surface area contributed by atoms with Crippen LogP contribution in [-0.2, 0) is 0 Å². The molecule has 2 fully saturated rings. The Morgan fingerprint density at radius 1 is 0.947 bits per heavy atom. The first-order valence-corrected chi connectivity index (χ1v) is 9.92. The zero-order valence-corrected chi connectivity index (χ0v) is 12.1. The minimum Gasteiger partial charge on any atom is -0.399 e. The topological polar surface area (TPSA) is 29.3 Å². The van der Waals surface area contributed by atoms with Crippen molar-refractivity contribution in [1.29, 1.82) is 0 Å². The number of hydrogen-bond acceptors (Lipinski definition) is 2. The van der Waals surface area contributed by atoms with Gasteiger partial charge in [-0.25, -0.2) is 8.78 Å². The predicted molar refractivity (Wildman–Crippen MR) is 77.2 cm³/mol. The third kappa shape index (κ3) is 2.36. The molecule has 0 radical (unpaired) electrons. The van der Waals surface area contributed by atoms with Crippen LogP contribution in [0.2, 0.25) is 24.2 Å². The summed E-state index contributed by atoms with van der Waals surface area (Å²) in [6, 6.07) is 7.67. The molecule has 2 aliphatic heterocycles. The molecule has 0 atom stereocenters. The molecular weight excluding hydrogens is 262 g/mol. The minimum absolute atomic E-state index is 0.121. The lowest BCUT2D eigenvalue weighted by Crippen LogP contribution is -2.45. The molecule has 1 spiro atoms. The van der Waals surface area contributed by atoms with E-state index in [4.69, 9.17) is 5.73 Å². The highest BCUT2D eigenvalue weighted by molar-refractivity contribution is 6.80. The summed E-state index contributed by atoms with van der Waals surface area (Å²) >= 11 is 0. The molecule has 3 rings (SSSR count). The summed E-state index contributed by atoms with van der Waals surface area (Å²) < 4.78 is 27.8. The van der Waals surface area contributed by atoms with Crippen LogP contribution in [0.1, 0.15) is 12.8 Å². The van der Waals surface area contributed by atoms with Crippen LogP contribution in [0, 0.1) is 11.6 Å². The molecular formula is C14H20F2N2Si. The fraction of sp³-hybridized carbons (Fsp3) is 0.571. The van der Waals surface area contributed by atoms with Crippen molar-refractivity contribution in [3.8, 4) is 0 Å². The molecule has 2 N–H and O–H groups in total. The summed E-state index contributed by atoms with van der Waals surface area (Å²) in [6.07, 6.45) is 2.74. The van der Waals surface area contributed by atoms with Gasteiger partial charge in [-0.1, -0.05) is 24.9 Å². The zero-order chi connectivity index (χ0) is 13.5. The van der Waals surface area contributed by atoms with E-state index in [9.17, 15) is 8.78 Å². The van der Waals surface area contributed by atoms with Gasteiger partial charge in [0, 0.05) is 18.8 Å². The third-order valence-electron chi connectivity index (χ3n) is 4.84. The molecule has 2 aliphatic rings. The van der Waals surface area contributed by atoms with Crippen LogP contribution >= 0.6 is 0 Å². The quantitative estimate of drug-likeness (QED) is 0.630. The second-order valence-corrected chi connectivity index (χ2v) is 11.0. The monoisotopic (exact) mass is 282 g/mol. The number of halogens is 2. The molecule has 19 heavy (non-hydrogen) atoms. The average molecular weight is 282 g/mol. The Hall–Kier alpha value is -1.10. The van der Waals surface area contributed by atoms with Gasteiger partial charge in [0.05, 0.1) is 8.07 Å². The maximum atomic E-state index is 13.9. The second-order valence-electron chi connectivity index (χ2n) is 6.03. The van der Waals surface area contributed by atoms with Crippen molar-refractivity contribution in [3.63, 3.8) is 0 Å². The van der Waals surface area contributed by atoms with Gasteiger partial charge in [-0.2, -0.15) is 0 Å². The van der Waals surface area contributed by atoms with Crippen molar-refractivity contribution < 1.29 is 8.78 Å². The number of benzene rings is 1. The van der Waals surface area contributed by atoms with Gasteiger partial charge >= 0.3 is 0 Å². The number of nitrogen functional groups attached to an aromatic ring is 1. The second kappa shape index (κ2) is 4.78. The molecule has 0 aliphatic carbocycles. The van der Waals surface area contributed by atoms with Gasteiger partial charge < -0.3 is 10.6 Å². The number of rotatable bonds is 1. The molecule has 2 saturated heterocycles. The molecule has 2 nitrogen and oxygen atoms in total. The van der Waals surface area contributed by atoms with Crippen LogP contribution in [0.5, 0.6) is 0 Å². The summed E-state index contributed by atoms with van der Waals surface area (Å²) in [5.41, 5.74) is 5.73. The van der Waals surface area contributed by atoms with E-state index in [-0.39, 0.29) is 11.4 Å². The standard InChI is InChI=1S/C14H20F2N2Si/c15-12-9-11(17)10-13(16)14(12)18-3-7-19(8-4-18)5-1-2-6-19/h9-10H,1-8,17H2. The Balaban J connectivity index is 1.78. The molecule has 1 aromatic rings. The number of nitrogens with two attached hydrogens (primary N) is 1. The van der Waals surface area contributed by atoms with Gasteiger partial charge in [0.15, 0.2) is 11.6 Å².